The molecule has 1 N–H and O–H groups in total. The fourth-order valence-corrected chi connectivity index (χ4v) is 1.91. The molecule has 0 saturated heterocycles. The molecule has 3 nitrogen and oxygen atoms in total. The lowest BCUT2D eigenvalue weighted by Gasteiger charge is -2.03. The topological polar surface area (TPSA) is 33.6 Å². The first-order chi connectivity index (χ1) is 7.77. The Morgan fingerprint density at radius 1 is 1.31 bits per heavy atom. The van der Waals surface area contributed by atoms with E-state index in [1.54, 1.807) is 35.3 Å². The van der Waals surface area contributed by atoms with Crippen LogP contribution in [0.2, 0.25) is 5.02 Å². The number of hydrogen-bond acceptors (Lipinski definition) is 1. The van der Waals surface area contributed by atoms with Gasteiger partial charge in [-0.3, -0.25) is 5.10 Å². The number of hydrogen-bond donors (Lipinski definition) is 1. The third-order valence-electron chi connectivity index (χ3n) is 2.51. The Balaban J connectivity index is 2.39. The van der Waals surface area contributed by atoms with E-state index in [-0.39, 0.29) is 5.02 Å². The van der Waals surface area contributed by atoms with Crippen LogP contribution in [0.15, 0.2) is 36.8 Å². The molecule has 0 atom stereocenters. The Morgan fingerprint density at radius 2 is 2.19 bits per heavy atom. The van der Waals surface area contributed by atoms with Crippen molar-refractivity contribution in [1.29, 1.82) is 0 Å². The van der Waals surface area contributed by atoms with Gasteiger partial charge in [0.2, 0.25) is 0 Å². The van der Waals surface area contributed by atoms with Crippen molar-refractivity contribution >= 4 is 22.5 Å². The van der Waals surface area contributed by atoms with Crippen molar-refractivity contribution in [1.82, 2.24) is 14.8 Å². The molecule has 16 heavy (non-hydrogen) atoms. The predicted octanol–water partition coefficient (Wildman–Crippen LogP) is 3.15. The highest BCUT2D eigenvalue weighted by atomic mass is 35.5. The highest BCUT2D eigenvalue weighted by Gasteiger charge is 2.11. The third-order valence-corrected chi connectivity index (χ3v) is 2.80. The van der Waals surface area contributed by atoms with E-state index in [9.17, 15) is 4.39 Å². The maximum Gasteiger partial charge on any atom is 0.166 e. The summed E-state index contributed by atoms with van der Waals surface area (Å²) in [6.07, 6.45) is 5.11. The van der Waals surface area contributed by atoms with Gasteiger partial charge >= 0.3 is 0 Å². The lowest BCUT2D eigenvalue weighted by molar-refractivity contribution is 0.635. The summed E-state index contributed by atoms with van der Waals surface area (Å²) in [5.41, 5.74) is 1.24. The van der Waals surface area contributed by atoms with Gasteiger partial charge in [-0.05, 0) is 12.1 Å². The van der Waals surface area contributed by atoms with Crippen LogP contribution in [0, 0.1) is 5.82 Å². The molecule has 0 bridgehead atoms. The van der Waals surface area contributed by atoms with Gasteiger partial charge in [0.05, 0.1) is 22.4 Å². The van der Waals surface area contributed by atoms with E-state index in [1.807, 2.05) is 6.07 Å². The Hall–Kier alpha value is -1.81. The van der Waals surface area contributed by atoms with Crippen molar-refractivity contribution in [3.8, 4) is 5.69 Å². The first-order valence-electron chi connectivity index (χ1n) is 4.71. The van der Waals surface area contributed by atoms with Crippen LogP contribution in [-0.2, 0) is 0 Å². The Kier molecular flexibility index (Phi) is 1.97. The van der Waals surface area contributed by atoms with Gasteiger partial charge in [-0.25, -0.2) is 4.39 Å². The van der Waals surface area contributed by atoms with Gasteiger partial charge in [0.1, 0.15) is 0 Å². The third kappa shape index (κ3) is 1.23. The molecule has 3 aromatic rings. The molecule has 80 valence electrons. The monoisotopic (exact) mass is 235 g/mol. The second-order valence-electron chi connectivity index (χ2n) is 3.44. The summed E-state index contributed by atoms with van der Waals surface area (Å²) in [5.74, 6) is -0.412. The molecule has 2 aromatic heterocycles. The number of nitrogens with zero attached hydrogens (tertiary/aromatic N) is 2. The van der Waals surface area contributed by atoms with Crippen molar-refractivity contribution in [2.45, 2.75) is 0 Å². The zero-order valence-corrected chi connectivity index (χ0v) is 8.87. The SMILES string of the molecule is Fc1c(Cl)ccc2ccn(-c3cn[nH]c3)c12. The highest BCUT2D eigenvalue weighted by Crippen LogP contribution is 2.27. The number of fused-ring (bicyclic) bond motifs is 1. The smallest absolute Gasteiger partial charge is 0.166 e. The molecule has 0 aliphatic rings. The van der Waals surface area contributed by atoms with Crippen LogP contribution in [0.3, 0.4) is 0 Å². The Morgan fingerprint density at radius 3 is 2.94 bits per heavy atom. The summed E-state index contributed by atoms with van der Waals surface area (Å²) >= 11 is 5.77. The van der Waals surface area contributed by atoms with Crippen molar-refractivity contribution in [2.24, 2.45) is 0 Å². The van der Waals surface area contributed by atoms with Crippen LogP contribution in [0.4, 0.5) is 4.39 Å². The molecular formula is C11H7ClFN3. The molecule has 3 rings (SSSR count). The highest BCUT2D eigenvalue weighted by molar-refractivity contribution is 6.31. The van der Waals surface area contributed by atoms with Crippen LogP contribution in [0.5, 0.6) is 0 Å². The largest absolute Gasteiger partial charge is 0.311 e. The fraction of sp³-hybridized carbons (Fsp3) is 0. The average Bonchev–Trinajstić information content (AvgIpc) is 2.91. The fourth-order valence-electron chi connectivity index (χ4n) is 1.75. The van der Waals surface area contributed by atoms with E-state index in [2.05, 4.69) is 10.2 Å². The summed E-state index contributed by atoms with van der Waals surface area (Å²) < 4.78 is 15.6. The van der Waals surface area contributed by atoms with E-state index >= 15 is 0 Å². The van der Waals surface area contributed by atoms with Gasteiger partial charge < -0.3 is 4.57 Å². The molecule has 0 saturated carbocycles. The number of aromatic nitrogens is 3. The number of halogens is 2. The van der Waals surface area contributed by atoms with Gasteiger partial charge in [-0.15, -0.1) is 0 Å². The minimum Gasteiger partial charge on any atom is -0.311 e. The molecular weight excluding hydrogens is 229 g/mol. The van der Waals surface area contributed by atoms with Crippen molar-refractivity contribution in [3.63, 3.8) is 0 Å². The first-order valence-corrected chi connectivity index (χ1v) is 5.09. The lowest BCUT2D eigenvalue weighted by Crippen LogP contribution is -1.92. The van der Waals surface area contributed by atoms with E-state index in [0.717, 1.165) is 11.1 Å². The van der Waals surface area contributed by atoms with E-state index in [1.165, 1.54) is 0 Å². The van der Waals surface area contributed by atoms with Crippen molar-refractivity contribution < 1.29 is 4.39 Å². The van der Waals surface area contributed by atoms with Gasteiger partial charge in [0, 0.05) is 17.8 Å². The standard InChI is InChI=1S/C11H7ClFN3/c12-9-2-1-7-3-4-16(11(7)10(9)13)8-5-14-15-6-8/h1-6H,(H,14,15). The molecule has 0 amide bonds. The maximum absolute atomic E-state index is 13.9. The Bertz CT molecular complexity index is 643. The van der Waals surface area contributed by atoms with Crippen LogP contribution >= 0.6 is 11.6 Å². The van der Waals surface area contributed by atoms with Gasteiger partial charge in [-0.1, -0.05) is 17.7 Å². The minimum atomic E-state index is -0.412. The summed E-state index contributed by atoms with van der Waals surface area (Å²) in [6, 6.07) is 5.18. The average molecular weight is 236 g/mol. The van der Waals surface area contributed by atoms with Crippen molar-refractivity contribution in [3.05, 3.63) is 47.6 Å². The quantitative estimate of drug-likeness (QED) is 0.691. The van der Waals surface area contributed by atoms with Gasteiger partial charge in [0.15, 0.2) is 5.82 Å². The molecule has 0 radical (unpaired) electrons. The summed E-state index contributed by atoms with van der Waals surface area (Å²) in [7, 11) is 0. The molecule has 0 unspecified atom stereocenters. The summed E-state index contributed by atoms with van der Waals surface area (Å²) in [6.45, 7) is 0. The lowest BCUT2D eigenvalue weighted by atomic mass is 10.2. The van der Waals surface area contributed by atoms with E-state index in [0.29, 0.717) is 5.52 Å². The Labute approximate surface area is 95.5 Å². The first kappa shape index (κ1) is 9.42. The summed E-state index contributed by atoms with van der Waals surface area (Å²) in [5, 5.41) is 7.46. The normalized spacial score (nSPS) is 11.1. The zero-order valence-electron chi connectivity index (χ0n) is 8.11. The van der Waals surface area contributed by atoms with E-state index in [4.69, 9.17) is 11.6 Å². The molecule has 5 heteroatoms. The predicted molar refractivity (Wildman–Crippen MR) is 60.4 cm³/mol. The second kappa shape index (κ2) is 3.35. The number of nitrogens with one attached hydrogen (secondary N) is 1. The molecule has 0 aliphatic heterocycles. The van der Waals surface area contributed by atoms with E-state index < -0.39 is 5.82 Å². The maximum atomic E-state index is 13.9. The van der Waals surface area contributed by atoms with Crippen molar-refractivity contribution in [2.75, 3.05) is 0 Å². The van der Waals surface area contributed by atoms with Crippen LogP contribution < -0.4 is 0 Å². The number of aromatic amines is 1. The van der Waals surface area contributed by atoms with Crippen LogP contribution in [0.25, 0.3) is 16.6 Å². The molecule has 2 heterocycles. The van der Waals surface area contributed by atoms with Crippen LogP contribution in [0.1, 0.15) is 0 Å². The minimum absolute atomic E-state index is 0.121. The molecule has 1 aromatic carbocycles. The number of benzene rings is 1. The second-order valence-corrected chi connectivity index (χ2v) is 3.85. The number of rotatable bonds is 1. The number of H-pyrrole nitrogens is 1. The van der Waals surface area contributed by atoms with Crippen LogP contribution in [-0.4, -0.2) is 14.8 Å². The molecule has 0 aliphatic carbocycles. The van der Waals surface area contributed by atoms with Gasteiger partial charge in [-0.2, -0.15) is 5.10 Å². The summed E-state index contributed by atoms with van der Waals surface area (Å²) in [4.78, 5) is 0. The molecule has 0 fully saturated rings. The van der Waals surface area contributed by atoms with Gasteiger partial charge in [0.25, 0.3) is 0 Å². The molecule has 0 spiro atoms. The zero-order chi connectivity index (χ0) is 11.1.